The minimum Gasteiger partial charge on any atom is -0.198 e. The number of hydrogen-bond donors (Lipinski definition) is 0. The van der Waals surface area contributed by atoms with E-state index in [-0.39, 0.29) is 0 Å². The maximum atomic E-state index is 3.78. The van der Waals surface area contributed by atoms with E-state index in [1.807, 2.05) is 22.7 Å². The fraction of sp³-hybridized carbons (Fsp3) is 0.500. The molecule has 2 aromatic heterocycles. The topological polar surface area (TPSA) is 0 Å². The summed E-state index contributed by atoms with van der Waals surface area (Å²) in [5.41, 5.74) is 1.94. The van der Waals surface area contributed by atoms with Crippen molar-refractivity contribution in [2.75, 3.05) is 0 Å². The van der Waals surface area contributed by atoms with Gasteiger partial charge in [-0.05, 0) is 99.8 Å². The zero-order valence-electron chi connectivity index (χ0n) is 27.3. The van der Waals surface area contributed by atoms with Gasteiger partial charge in [0.1, 0.15) is 0 Å². The molecular weight excluding hydrogens is 720 g/mol. The fourth-order valence-corrected chi connectivity index (χ4v) is 24.0. The Balaban J connectivity index is 1.90. The van der Waals surface area contributed by atoms with Crippen LogP contribution < -0.4 is 0 Å². The first-order chi connectivity index (χ1) is 19.6. The zero-order chi connectivity index (χ0) is 31.6. The Kier molecular flexibility index (Phi) is 12.5. The second-order valence-corrected chi connectivity index (χ2v) is 26.3. The summed E-state index contributed by atoms with van der Waals surface area (Å²) in [4.78, 5) is 2.26. The molecule has 0 radical (unpaired) electrons. The molecule has 0 nitrogen and oxygen atoms in total. The quantitative estimate of drug-likeness (QED) is 0.200. The van der Waals surface area contributed by atoms with E-state index < -0.39 is 20.1 Å². The van der Waals surface area contributed by atoms with Gasteiger partial charge in [0.05, 0.1) is 9.75 Å². The second-order valence-electron chi connectivity index (χ2n) is 12.4. The van der Waals surface area contributed by atoms with Crippen molar-refractivity contribution >= 4 is 74.6 Å². The lowest BCUT2D eigenvalue weighted by molar-refractivity contribution is 0.942. The van der Waals surface area contributed by atoms with Crippen LogP contribution in [0.25, 0.3) is 0 Å². The van der Waals surface area contributed by atoms with Crippen molar-refractivity contribution in [3.8, 4) is 23.7 Å². The summed E-state index contributed by atoms with van der Waals surface area (Å²) in [5, 5.41) is 3.84. The normalized spacial score (nSPS) is 13.2. The molecule has 0 saturated heterocycles. The van der Waals surface area contributed by atoms with Gasteiger partial charge in [-0.2, -0.15) is 20.1 Å². The van der Waals surface area contributed by atoms with Crippen LogP contribution in [0, 0.1) is 23.7 Å². The van der Waals surface area contributed by atoms with Gasteiger partial charge in [0.15, 0.2) is 0 Å². The number of benzene rings is 1. The predicted octanol–water partition coefficient (Wildman–Crippen LogP) is 12.9. The van der Waals surface area contributed by atoms with Crippen LogP contribution in [0.5, 0.6) is 0 Å². The van der Waals surface area contributed by atoms with Gasteiger partial charge in [0, 0.05) is 28.5 Å². The Hall–Kier alpha value is -0.600. The molecule has 42 heavy (non-hydrogen) atoms. The van der Waals surface area contributed by atoms with Crippen molar-refractivity contribution in [1.29, 1.82) is 0 Å². The highest BCUT2D eigenvalue weighted by atomic mass is 79.9. The lowest BCUT2D eigenvalue weighted by Crippen LogP contribution is -2.28. The molecule has 0 saturated carbocycles. The maximum Gasteiger partial charge on any atom is 0.0783 e. The average molecular weight is 769 g/mol. The van der Waals surface area contributed by atoms with Crippen LogP contribution in [-0.2, 0) is 0 Å². The molecule has 0 aliphatic heterocycles. The summed E-state index contributed by atoms with van der Waals surface area (Å²) in [5.74, 6) is 13.8. The molecule has 0 bridgehead atoms. The highest BCUT2D eigenvalue weighted by molar-refractivity contribution is 9.11. The minimum absolute atomic E-state index is 0.640. The SMILES string of the molecule is CC(C)S(c1ccc(C#Cc2cc(Br)c(C#Cc3ccc(S(C(C)C)(C(C)C)C(C)C)s3)cc2Br)s1)(C(C)C)C(C)C. The van der Waals surface area contributed by atoms with E-state index in [1.54, 1.807) is 0 Å². The van der Waals surface area contributed by atoms with Gasteiger partial charge in [0.2, 0.25) is 0 Å². The predicted molar refractivity (Wildman–Crippen MR) is 205 cm³/mol. The molecule has 0 aliphatic carbocycles. The molecule has 0 fully saturated rings. The van der Waals surface area contributed by atoms with Gasteiger partial charge < -0.3 is 0 Å². The van der Waals surface area contributed by atoms with Gasteiger partial charge in [0.25, 0.3) is 0 Å². The molecule has 3 aromatic rings. The standard InChI is InChI=1S/C36H48Br2S4/c1-23(2)41(24(3)4,25(5)6)35-19-17-31(39-35)15-13-29-21-34(38)30(22-33(29)37)14-16-32-18-20-36(40-32)42(26(7)8,27(9)10)28(11)12/h17-28H,1-12H3. The van der Waals surface area contributed by atoms with Crippen LogP contribution in [0.3, 0.4) is 0 Å². The summed E-state index contributed by atoms with van der Waals surface area (Å²) in [6, 6.07) is 13.3. The van der Waals surface area contributed by atoms with Crippen molar-refractivity contribution in [1.82, 2.24) is 0 Å². The molecule has 3 rings (SSSR count). The molecule has 6 heteroatoms. The van der Waals surface area contributed by atoms with E-state index in [1.165, 1.54) is 8.42 Å². The Bertz CT molecular complexity index is 1340. The third kappa shape index (κ3) is 6.95. The molecule has 1 aromatic carbocycles. The molecule has 0 atom stereocenters. The Morgan fingerprint density at radius 1 is 0.476 bits per heavy atom. The third-order valence-corrected chi connectivity index (χ3v) is 24.4. The summed E-state index contributed by atoms with van der Waals surface area (Å²) >= 11 is 11.3. The van der Waals surface area contributed by atoms with Gasteiger partial charge in [-0.15, -0.1) is 22.7 Å². The van der Waals surface area contributed by atoms with Crippen molar-refractivity contribution in [3.63, 3.8) is 0 Å². The first-order valence-electron chi connectivity index (χ1n) is 14.9. The highest BCUT2D eigenvalue weighted by Crippen LogP contribution is 2.69. The lowest BCUT2D eigenvalue weighted by atomic mass is 10.1. The molecule has 0 aliphatic rings. The van der Waals surface area contributed by atoms with Crippen LogP contribution in [0.4, 0.5) is 0 Å². The highest BCUT2D eigenvalue weighted by Gasteiger charge is 2.38. The summed E-state index contributed by atoms with van der Waals surface area (Å²) in [7, 11) is -1.87. The Labute approximate surface area is 285 Å². The second kappa shape index (κ2) is 14.7. The smallest absolute Gasteiger partial charge is 0.0783 e. The Morgan fingerprint density at radius 2 is 0.762 bits per heavy atom. The number of hydrogen-bond acceptors (Lipinski definition) is 2. The largest absolute Gasteiger partial charge is 0.198 e. The third-order valence-electron chi connectivity index (χ3n) is 8.24. The van der Waals surface area contributed by atoms with E-state index in [0.29, 0.717) is 31.5 Å². The van der Waals surface area contributed by atoms with E-state index in [9.17, 15) is 0 Å². The molecule has 0 unspecified atom stereocenters. The summed E-state index contributed by atoms with van der Waals surface area (Å²) in [6.07, 6.45) is 0. The molecule has 0 N–H and O–H groups in total. The molecule has 2 heterocycles. The van der Waals surface area contributed by atoms with Gasteiger partial charge in [-0.25, -0.2) is 0 Å². The van der Waals surface area contributed by atoms with Crippen molar-refractivity contribution in [2.45, 2.75) is 123 Å². The first-order valence-corrected chi connectivity index (χ1v) is 21.8. The fourth-order valence-electron chi connectivity index (χ4n) is 6.81. The summed E-state index contributed by atoms with van der Waals surface area (Å²) < 4.78 is 5.01. The minimum atomic E-state index is -0.936. The number of halogens is 2. The monoisotopic (exact) mass is 766 g/mol. The van der Waals surface area contributed by atoms with Crippen LogP contribution in [0.15, 0.2) is 53.8 Å². The van der Waals surface area contributed by atoms with Crippen LogP contribution >= 0.6 is 74.6 Å². The number of thiophene rings is 2. The first kappa shape index (κ1) is 35.9. The number of rotatable bonds is 8. The van der Waals surface area contributed by atoms with Crippen molar-refractivity contribution in [3.05, 3.63) is 66.2 Å². The van der Waals surface area contributed by atoms with Crippen molar-refractivity contribution in [2.24, 2.45) is 0 Å². The zero-order valence-corrected chi connectivity index (χ0v) is 33.8. The average Bonchev–Trinajstić information content (AvgIpc) is 3.53. The lowest BCUT2D eigenvalue weighted by Gasteiger charge is -2.50. The van der Waals surface area contributed by atoms with Gasteiger partial charge in [-0.3, -0.25) is 0 Å². The van der Waals surface area contributed by atoms with Crippen LogP contribution in [0.1, 0.15) is 104 Å². The van der Waals surface area contributed by atoms with Crippen LogP contribution in [0.2, 0.25) is 0 Å². The Morgan fingerprint density at radius 3 is 1.02 bits per heavy atom. The molecular formula is C36H48Br2S4. The summed E-state index contributed by atoms with van der Waals surface area (Å²) in [6.45, 7) is 28.8. The van der Waals surface area contributed by atoms with Gasteiger partial charge in [-0.1, -0.05) is 107 Å². The van der Waals surface area contributed by atoms with E-state index >= 15 is 0 Å². The van der Waals surface area contributed by atoms with E-state index in [2.05, 4.69) is 175 Å². The molecule has 0 spiro atoms. The van der Waals surface area contributed by atoms with E-state index in [4.69, 9.17) is 0 Å². The van der Waals surface area contributed by atoms with Crippen LogP contribution in [-0.4, -0.2) is 31.5 Å². The van der Waals surface area contributed by atoms with Crippen molar-refractivity contribution < 1.29 is 0 Å². The molecule has 230 valence electrons. The molecule has 0 amide bonds. The van der Waals surface area contributed by atoms with Gasteiger partial charge >= 0.3 is 0 Å². The maximum absolute atomic E-state index is 3.78. The van der Waals surface area contributed by atoms with E-state index in [0.717, 1.165) is 29.8 Å².